The van der Waals surface area contributed by atoms with Gasteiger partial charge in [0.15, 0.2) is 0 Å². The molecule has 29 heavy (non-hydrogen) atoms. The van der Waals surface area contributed by atoms with E-state index in [0.717, 1.165) is 24.8 Å². The second-order valence-corrected chi connectivity index (χ2v) is 10.8. The summed E-state index contributed by atoms with van der Waals surface area (Å²) in [6, 6.07) is 0. The quantitative estimate of drug-likeness (QED) is 0.520. The van der Waals surface area contributed by atoms with Crippen molar-refractivity contribution in [1.29, 1.82) is 0 Å². The third-order valence-corrected chi connectivity index (χ3v) is 10.1. The van der Waals surface area contributed by atoms with Gasteiger partial charge >= 0.3 is 5.97 Å². The van der Waals surface area contributed by atoms with E-state index < -0.39 is 22.7 Å². The molecule has 0 radical (unpaired) electrons. The zero-order valence-corrected chi connectivity index (χ0v) is 17.3. The van der Waals surface area contributed by atoms with Gasteiger partial charge in [-0.1, -0.05) is 6.92 Å². The molecule has 1 heterocycles. The minimum Gasteiger partial charge on any atom is -0.458 e. The topological polar surface area (TPSA) is 107 Å². The summed E-state index contributed by atoms with van der Waals surface area (Å²) in [5.74, 6) is -0.0760. The molecule has 0 saturated heterocycles. The Morgan fingerprint density at radius 2 is 1.83 bits per heavy atom. The zero-order chi connectivity index (χ0) is 20.7. The van der Waals surface area contributed by atoms with Gasteiger partial charge < -0.3 is 25.2 Å². The SMILES string of the molecule is C[C@]12CC[C@@H]3[C@H](CC[C@@]4(O)C[C@@H](O)CC[C@]34CO)[C@]1(O)CC[C@@H]2C1=CC(=O)OC1. The first-order chi connectivity index (χ1) is 13.7. The van der Waals surface area contributed by atoms with E-state index in [1.165, 1.54) is 0 Å². The van der Waals surface area contributed by atoms with Crippen molar-refractivity contribution in [1.82, 2.24) is 0 Å². The lowest BCUT2D eigenvalue weighted by atomic mass is 9.41. The van der Waals surface area contributed by atoms with Crippen molar-refractivity contribution in [3.63, 3.8) is 0 Å². The van der Waals surface area contributed by atoms with Gasteiger partial charge in [0.25, 0.3) is 0 Å². The number of ether oxygens (including phenoxy) is 1. The number of hydrogen-bond donors (Lipinski definition) is 4. The maximum atomic E-state index is 12.1. The van der Waals surface area contributed by atoms with Crippen molar-refractivity contribution in [3.05, 3.63) is 11.6 Å². The molecule has 0 bridgehead atoms. The summed E-state index contributed by atoms with van der Waals surface area (Å²) in [5, 5.41) is 44.4. The third-order valence-electron chi connectivity index (χ3n) is 10.1. The molecule has 4 N–H and O–H groups in total. The molecular formula is C23H34O6. The summed E-state index contributed by atoms with van der Waals surface area (Å²) in [6.07, 6.45) is 7.02. The molecule has 5 rings (SSSR count). The third kappa shape index (κ3) is 2.40. The van der Waals surface area contributed by atoms with Crippen LogP contribution in [0.2, 0.25) is 0 Å². The lowest BCUT2D eigenvalue weighted by Crippen LogP contribution is -2.69. The van der Waals surface area contributed by atoms with Crippen molar-refractivity contribution in [2.45, 2.75) is 82.0 Å². The number of cyclic esters (lactones) is 1. The molecule has 4 aliphatic carbocycles. The molecule has 1 aliphatic heterocycles. The lowest BCUT2D eigenvalue weighted by Gasteiger charge is -2.66. The molecule has 0 amide bonds. The van der Waals surface area contributed by atoms with Gasteiger partial charge in [-0.2, -0.15) is 0 Å². The maximum absolute atomic E-state index is 12.1. The van der Waals surface area contributed by atoms with Gasteiger partial charge in [0.1, 0.15) is 6.61 Å². The van der Waals surface area contributed by atoms with Crippen molar-refractivity contribution in [3.8, 4) is 0 Å². The van der Waals surface area contributed by atoms with Crippen LogP contribution < -0.4 is 0 Å². The molecule has 8 atom stereocenters. The normalized spacial score (nSPS) is 54.2. The standard InChI is InChI=1S/C23H34O6/c1-20-6-3-17-18(4-8-22(27)11-15(25)2-7-21(17,22)13-24)23(20,28)9-5-16(20)14-10-19(26)29-12-14/h10,15-18,24-25,27-28H,2-9,11-13H2,1H3/t15-,16+,17+,18-,20+,21-,22+,23+/m0/s1. The molecule has 162 valence electrons. The fourth-order valence-corrected chi connectivity index (χ4v) is 8.52. The molecular weight excluding hydrogens is 372 g/mol. The van der Waals surface area contributed by atoms with Crippen LogP contribution in [0.25, 0.3) is 0 Å². The number of carbonyl (C=O) groups is 1. The van der Waals surface area contributed by atoms with E-state index in [0.29, 0.717) is 45.1 Å². The second-order valence-electron chi connectivity index (χ2n) is 10.8. The van der Waals surface area contributed by atoms with Gasteiger partial charge in [0.2, 0.25) is 0 Å². The molecule has 4 fully saturated rings. The molecule has 0 aromatic carbocycles. The Kier molecular flexibility index (Phi) is 4.33. The highest BCUT2D eigenvalue weighted by atomic mass is 16.5. The fourth-order valence-electron chi connectivity index (χ4n) is 8.52. The monoisotopic (exact) mass is 406 g/mol. The molecule has 4 saturated carbocycles. The first kappa shape index (κ1) is 20.0. The summed E-state index contributed by atoms with van der Waals surface area (Å²) in [7, 11) is 0. The first-order valence-corrected chi connectivity index (χ1v) is 11.3. The summed E-state index contributed by atoms with van der Waals surface area (Å²) in [5.41, 5.74) is -1.88. The summed E-state index contributed by atoms with van der Waals surface area (Å²) in [4.78, 5) is 11.6. The minimum absolute atomic E-state index is 0.0209. The highest BCUT2D eigenvalue weighted by molar-refractivity contribution is 5.85. The Morgan fingerprint density at radius 3 is 2.52 bits per heavy atom. The molecule has 6 nitrogen and oxygen atoms in total. The summed E-state index contributed by atoms with van der Waals surface area (Å²) >= 11 is 0. The van der Waals surface area contributed by atoms with E-state index in [2.05, 4.69) is 6.92 Å². The number of aliphatic hydroxyl groups excluding tert-OH is 2. The average molecular weight is 407 g/mol. The van der Waals surface area contributed by atoms with E-state index in [1.807, 2.05) is 0 Å². The number of esters is 1. The van der Waals surface area contributed by atoms with E-state index in [4.69, 9.17) is 4.74 Å². The van der Waals surface area contributed by atoms with E-state index >= 15 is 0 Å². The molecule has 0 spiro atoms. The highest BCUT2D eigenvalue weighted by Crippen LogP contribution is 2.70. The van der Waals surface area contributed by atoms with Crippen LogP contribution in [0.1, 0.15) is 64.7 Å². The maximum Gasteiger partial charge on any atom is 0.331 e. The molecule has 5 aliphatic rings. The van der Waals surface area contributed by atoms with Crippen LogP contribution in [0, 0.1) is 28.6 Å². The van der Waals surface area contributed by atoms with Gasteiger partial charge in [-0.15, -0.1) is 0 Å². The highest BCUT2D eigenvalue weighted by Gasteiger charge is 2.71. The molecule has 0 aromatic heterocycles. The van der Waals surface area contributed by atoms with E-state index in [-0.39, 0.29) is 35.7 Å². The van der Waals surface area contributed by atoms with Crippen molar-refractivity contribution in [2.24, 2.45) is 28.6 Å². The Hall–Kier alpha value is -0.950. The molecule has 0 unspecified atom stereocenters. The van der Waals surface area contributed by atoms with Gasteiger partial charge in [0.05, 0.1) is 23.9 Å². The van der Waals surface area contributed by atoms with Crippen LogP contribution in [0.5, 0.6) is 0 Å². The number of aliphatic hydroxyl groups is 4. The van der Waals surface area contributed by atoms with Crippen molar-refractivity contribution >= 4 is 5.97 Å². The van der Waals surface area contributed by atoms with Gasteiger partial charge in [0, 0.05) is 23.3 Å². The first-order valence-electron chi connectivity index (χ1n) is 11.3. The van der Waals surface area contributed by atoms with Gasteiger partial charge in [-0.05, 0) is 74.7 Å². The van der Waals surface area contributed by atoms with Gasteiger partial charge in [-0.25, -0.2) is 4.79 Å². The number of rotatable bonds is 2. The van der Waals surface area contributed by atoms with E-state index in [9.17, 15) is 25.2 Å². The minimum atomic E-state index is -1.06. The Labute approximate surface area is 172 Å². The summed E-state index contributed by atoms with van der Waals surface area (Å²) in [6.45, 7) is 2.41. The van der Waals surface area contributed by atoms with Crippen molar-refractivity contribution < 1.29 is 30.0 Å². The van der Waals surface area contributed by atoms with Crippen LogP contribution in [-0.2, 0) is 9.53 Å². The number of fused-ring (bicyclic) bond motifs is 5. The Morgan fingerprint density at radius 1 is 1.07 bits per heavy atom. The smallest absolute Gasteiger partial charge is 0.331 e. The predicted molar refractivity (Wildman–Crippen MR) is 105 cm³/mol. The summed E-state index contributed by atoms with van der Waals surface area (Å²) < 4.78 is 5.17. The fraction of sp³-hybridized carbons (Fsp3) is 0.870. The molecule has 0 aromatic rings. The van der Waals surface area contributed by atoms with Gasteiger partial charge in [-0.3, -0.25) is 0 Å². The Bertz CT molecular complexity index is 750. The molecule has 6 heteroatoms. The zero-order valence-electron chi connectivity index (χ0n) is 17.3. The number of carbonyl (C=O) groups excluding carboxylic acids is 1. The Balaban J connectivity index is 1.51. The predicted octanol–water partition coefficient (Wildman–Crippen LogP) is 1.69. The van der Waals surface area contributed by atoms with Crippen LogP contribution in [0.3, 0.4) is 0 Å². The van der Waals surface area contributed by atoms with Crippen LogP contribution in [-0.4, -0.2) is 56.9 Å². The van der Waals surface area contributed by atoms with Crippen LogP contribution in [0.15, 0.2) is 11.6 Å². The average Bonchev–Trinajstić information content (AvgIpc) is 3.21. The largest absolute Gasteiger partial charge is 0.458 e. The lowest BCUT2D eigenvalue weighted by molar-refractivity contribution is -0.269. The van der Waals surface area contributed by atoms with E-state index in [1.54, 1.807) is 6.08 Å². The van der Waals surface area contributed by atoms with Crippen LogP contribution >= 0.6 is 0 Å². The van der Waals surface area contributed by atoms with Crippen LogP contribution in [0.4, 0.5) is 0 Å². The second kappa shape index (κ2) is 6.28. The number of hydrogen-bond acceptors (Lipinski definition) is 6. The van der Waals surface area contributed by atoms with Crippen molar-refractivity contribution in [2.75, 3.05) is 13.2 Å².